The largest absolute Gasteiger partial charge is 0.339 e. The quantitative estimate of drug-likeness (QED) is 0.535. The molecule has 1 amide bonds. The highest BCUT2D eigenvalue weighted by atomic mass is 16.2. The Morgan fingerprint density at radius 1 is 1.23 bits per heavy atom. The average molecular weight is 185 g/mol. The molecule has 4 N–H and O–H groups in total. The van der Waals surface area contributed by atoms with Gasteiger partial charge in [-0.1, -0.05) is 6.58 Å². The van der Waals surface area contributed by atoms with Gasteiger partial charge in [-0.05, 0) is 32.0 Å². The molecule has 0 fully saturated rings. The summed E-state index contributed by atoms with van der Waals surface area (Å²) in [4.78, 5) is 13.0. The molecular formula is C9H19N3O. The van der Waals surface area contributed by atoms with Crippen LogP contribution < -0.4 is 11.5 Å². The van der Waals surface area contributed by atoms with Crippen LogP contribution in [0.3, 0.4) is 0 Å². The molecular weight excluding hydrogens is 166 g/mol. The van der Waals surface area contributed by atoms with Crippen LogP contribution in [0.25, 0.3) is 0 Å². The number of carbonyl (C=O) groups excluding carboxylic acids is 1. The highest BCUT2D eigenvalue weighted by Crippen LogP contribution is 1.95. The summed E-state index contributed by atoms with van der Waals surface area (Å²) in [7, 11) is 0. The van der Waals surface area contributed by atoms with E-state index in [2.05, 4.69) is 6.58 Å². The van der Waals surface area contributed by atoms with Crippen molar-refractivity contribution in [2.45, 2.75) is 12.8 Å². The lowest BCUT2D eigenvalue weighted by atomic mass is 10.3. The van der Waals surface area contributed by atoms with Crippen molar-refractivity contribution in [1.29, 1.82) is 0 Å². The second kappa shape index (κ2) is 7.76. The van der Waals surface area contributed by atoms with Gasteiger partial charge in [-0.15, -0.1) is 0 Å². The summed E-state index contributed by atoms with van der Waals surface area (Å²) in [6.45, 7) is 6.04. The van der Waals surface area contributed by atoms with Crippen LogP contribution in [0, 0.1) is 0 Å². The van der Waals surface area contributed by atoms with Crippen LogP contribution in [0.5, 0.6) is 0 Å². The summed E-state index contributed by atoms with van der Waals surface area (Å²) in [5.41, 5.74) is 10.7. The highest BCUT2D eigenvalue weighted by molar-refractivity contribution is 5.86. The van der Waals surface area contributed by atoms with E-state index in [1.807, 2.05) is 0 Å². The van der Waals surface area contributed by atoms with Gasteiger partial charge >= 0.3 is 0 Å². The Morgan fingerprint density at radius 2 is 1.69 bits per heavy atom. The molecule has 0 radical (unpaired) electrons. The second-order valence-electron chi connectivity index (χ2n) is 2.81. The van der Waals surface area contributed by atoms with E-state index in [0.717, 1.165) is 12.8 Å². The number of rotatable bonds is 7. The van der Waals surface area contributed by atoms with Gasteiger partial charge in [0, 0.05) is 13.1 Å². The van der Waals surface area contributed by atoms with E-state index < -0.39 is 0 Å². The number of amides is 1. The van der Waals surface area contributed by atoms with E-state index in [1.54, 1.807) is 4.90 Å². The average Bonchev–Trinajstić information content (AvgIpc) is 2.17. The lowest BCUT2D eigenvalue weighted by Gasteiger charge is -2.20. The van der Waals surface area contributed by atoms with E-state index in [1.165, 1.54) is 6.08 Å². The van der Waals surface area contributed by atoms with Gasteiger partial charge in [-0.25, -0.2) is 0 Å². The van der Waals surface area contributed by atoms with Crippen LogP contribution in [-0.2, 0) is 4.79 Å². The second-order valence-corrected chi connectivity index (χ2v) is 2.81. The normalized spacial score (nSPS) is 9.69. The molecule has 13 heavy (non-hydrogen) atoms. The Balaban J connectivity index is 3.86. The first kappa shape index (κ1) is 12.1. The first-order valence-electron chi connectivity index (χ1n) is 4.57. The van der Waals surface area contributed by atoms with Crippen LogP contribution in [0.2, 0.25) is 0 Å². The maximum absolute atomic E-state index is 11.2. The molecule has 0 aromatic carbocycles. The van der Waals surface area contributed by atoms with E-state index in [-0.39, 0.29) is 5.91 Å². The van der Waals surface area contributed by atoms with Gasteiger partial charge in [0.1, 0.15) is 0 Å². The molecule has 0 saturated heterocycles. The Labute approximate surface area is 79.6 Å². The van der Waals surface area contributed by atoms with Gasteiger partial charge in [0.15, 0.2) is 0 Å². The third-order valence-electron chi connectivity index (χ3n) is 1.75. The zero-order valence-corrected chi connectivity index (χ0v) is 8.04. The molecule has 4 heteroatoms. The van der Waals surface area contributed by atoms with Gasteiger partial charge in [0.2, 0.25) is 5.91 Å². The third kappa shape index (κ3) is 5.38. The van der Waals surface area contributed by atoms with Crippen LogP contribution >= 0.6 is 0 Å². The van der Waals surface area contributed by atoms with E-state index >= 15 is 0 Å². The van der Waals surface area contributed by atoms with Crippen LogP contribution in [0.1, 0.15) is 12.8 Å². The lowest BCUT2D eigenvalue weighted by molar-refractivity contribution is -0.126. The van der Waals surface area contributed by atoms with Crippen molar-refractivity contribution >= 4 is 5.91 Å². The van der Waals surface area contributed by atoms with Crippen molar-refractivity contribution in [2.24, 2.45) is 11.5 Å². The van der Waals surface area contributed by atoms with Gasteiger partial charge in [0.05, 0.1) is 0 Å². The fraction of sp³-hybridized carbons (Fsp3) is 0.667. The molecule has 0 aromatic rings. The summed E-state index contributed by atoms with van der Waals surface area (Å²) >= 11 is 0. The molecule has 0 aliphatic carbocycles. The topological polar surface area (TPSA) is 72.3 Å². The molecule has 0 aliphatic rings. The minimum Gasteiger partial charge on any atom is -0.339 e. The molecule has 76 valence electrons. The van der Waals surface area contributed by atoms with Crippen molar-refractivity contribution in [3.63, 3.8) is 0 Å². The number of hydrogen-bond donors (Lipinski definition) is 2. The number of hydrogen-bond acceptors (Lipinski definition) is 3. The van der Waals surface area contributed by atoms with Crippen LogP contribution in [-0.4, -0.2) is 37.0 Å². The maximum atomic E-state index is 11.2. The van der Waals surface area contributed by atoms with Crippen molar-refractivity contribution in [3.8, 4) is 0 Å². The number of carbonyl (C=O) groups is 1. The molecule has 0 saturated carbocycles. The molecule has 0 heterocycles. The smallest absolute Gasteiger partial charge is 0.245 e. The Morgan fingerprint density at radius 3 is 2.00 bits per heavy atom. The molecule has 0 spiro atoms. The first-order valence-corrected chi connectivity index (χ1v) is 4.57. The summed E-state index contributed by atoms with van der Waals surface area (Å²) in [5, 5.41) is 0. The number of nitrogens with zero attached hydrogens (tertiary/aromatic N) is 1. The van der Waals surface area contributed by atoms with E-state index in [9.17, 15) is 4.79 Å². The van der Waals surface area contributed by atoms with Gasteiger partial charge in [-0.2, -0.15) is 0 Å². The predicted octanol–water partition coefficient (Wildman–Crippen LogP) is -0.301. The minimum absolute atomic E-state index is 0.0399. The summed E-state index contributed by atoms with van der Waals surface area (Å²) in [6, 6.07) is 0. The van der Waals surface area contributed by atoms with Crippen molar-refractivity contribution in [1.82, 2.24) is 4.90 Å². The highest BCUT2D eigenvalue weighted by Gasteiger charge is 2.07. The van der Waals surface area contributed by atoms with Crippen LogP contribution in [0.15, 0.2) is 12.7 Å². The Hall–Kier alpha value is -0.870. The fourth-order valence-electron chi connectivity index (χ4n) is 1.03. The molecule has 0 atom stereocenters. The third-order valence-corrected chi connectivity index (χ3v) is 1.75. The fourth-order valence-corrected chi connectivity index (χ4v) is 1.03. The van der Waals surface area contributed by atoms with Gasteiger partial charge < -0.3 is 16.4 Å². The summed E-state index contributed by atoms with van der Waals surface area (Å²) in [6.07, 6.45) is 2.97. The maximum Gasteiger partial charge on any atom is 0.245 e. The zero-order chi connectivity index (χ0) is 10.1. The summed E-state index contributed by atoms with van der Waals surface area (Å²) < 4.78 is 0. The lowest BCUT2D eigenvalue weighted by Crippen LogP contribution is -2.33. The Kier molecular flexibility index (Phi) is 7.24. The minimum atomic E-state index is -0.0399. The SMILES string of the molecule is C=CC(=O)N(CCCN)CCCN. The van der Waals surface area contributed by atoms with Gasteiger partial charge in [0.25, 0.3) is 0 Å². The molecule has 0 aliphatic heterocycles. The van der Waals surface area contributed by atoms with Crippen molar-refractivity contribution < 1.29 is 4.79 Å². The standard InChI is InChI=1S/C9H19N3O/c1-2-9(13)12(7-3-5-10)8-4-6-11/h2H,1,3-8,10-11H2. The van der Waals surface area contributed by atoms with E-state index in [0.29, 0.717) is 26.2 Å². The monoisotopic (exact) mass is 185 g/mol. The zero-order valence-electron chi connectivity index (χ0n) is 8.04. The molecule has 0 unspecified atom stereocenters. The summed E-state index contributed by atoms with van der Waals surface area (Å²) in [5.74, 6) is -0.0399. The molecule has 0 bridgehead atoms. The molecule has 0 rings (SSSR count). The predicted molar refractivity (Wildman–Crippen MR) is 54.1 cm³/mol. The van der Waals surface area contributed by atoms with Crippen molar-refractivity contribution in [3.05, 3.63) is 12.7 Å². The first-order chi connectivity index (χ1) is 6.26. The Bertz CT molecular complexity index is 151. The van der Waals surface area contributed by atoms with Crippen molar-refractivity contribution in [2.75, 3.05) is 26.2 Å². The molecule has 0 aromatic heterocycles. The number of nitrogens with two attached hydrogens (primary N) is 2. The van der Waals surface area contributed by atoms with E-state index in [4.69, 9.17) is 11.5 Å². The molecule has 4 nitrogen and oxygen atoms in total. The van der Waals surface area contributed by atoms with Crippen LogP contribution in [0.4, 0.5) is 0 Å². The van der Waals surface area contributed by atoms with Gasteiger partial charge in [-0.3, -0.25) is 4.79 Å².